The predicted molar refractivity (Wildman–Crippen MR) is 58.1 cm³/mol. The van der Waals surface area contributed by atoms with Crippen molar-refractivity contribution < 1.29 is 4.79 Å². The zero-order valence-corrected chi connectivity index (χ0v) is 9.31. The fourth-order valence-corrected chi connectivity index (χ4v) is 3.13. The van der Waals surface area contributed by atoms with Crippen LogP contribution in [-0.4, -0.2) is 6.29 Å². The first kappa shape index (κ1) is 9.95. The molecule has 0 saturated carbocycles. The van der Waals surface area contributed by atoms with Crippen molar-refractivity contribution in [1.82, 2.24) is 0 Å². The van der Waals surface area contributed by atoms with E-state index >= 15 is 0 Å². The Morgan fingerprint density at radius 2 is 2.14 bits per heavy atom. The van der Waals surface area contributed by atoms with Crippen LogP contribution in [-0.2, 0) is 4.79 Å². The molecular weight excluding hydrogens is 172 g/mol. The molecule has 0 unspecified atom stereocenters. The zero-order valence-electron chi connectivity index (χ0n) is 9.31. The van der Waals surface area contributed by atoms with E-state index in [0.29, 0.717) is 11.3 Å². The van der Waals surface area contributed by atoms with Crippen LogP contribution >= 0.6 is 0 Å². The van der Waals surface area contributed by atoms with Gasteiger partial charge in [0.25, 0.3) is 0 Å². The Kier molecular flexibility index (Phi) is 2.50. The molecule has 1 atom stereocenters. The lowest BCUT2D eigenvalue weighted by atomic mass is 9.66. The van der Waals surface area contributed by atoms with Gasteiger partial charge in [-0.3, -0.25) is 0 Å². The van der Waals surface area contributed by atoms with E-state index in [1.165, 1.54) is 25.7 Å². The molecule has 0 amide bonds. The van der Waals surface area contributed by atoms with Gasteiger partial charge in [0.2, 0.25) is 0 Å². The summed E-state index contributed by atoms with van der Waals surface area (Å²) in [6.45, 7) is 4.73. The van der Waals surface area contributed by atoms with Crippen molar-refractivity contribution in [1.29, 1.82) is 0 Å². The first-order valence-corrected chi connectivity index (χ1v) is 5.80. The Morgan fingerprint density at radius 3 is 2.86 bits per heavy atom. The molecule has 78 valence electrons. The molecule has 2 rings (SSSR count). The molecule has 0 aliphatic heterocycles. The number of hydrogen-bond acceptors (Lipinski definition) is 1. The molecule has 0 aromatic heterocycles. The van der Waals surface area contributed by atoms with E-state index in [-0.39, 0.29) is 0 Å². The van der Waals surface area contributed by atoms with Gasteiger partial charge in [0.05, 0.1) is 0 Å². The third kappa shape index (κ3) is 1.65. The molecule has 1 nitrogen and oxygen atoms in total. The highest BCUT2D eigenvalue weighted by Crippen LogP contribution is 2.47. The molecule has 2 aliphatic rings. The third-order valence-corrected chi connectivity index (χ3v) is 3.99. The first-order chi connectivity index (χ1) is 6.63. The lowest BCUT2D eigenvalue weighted by Crippen LogP contribution is -2.25. The normalized spacial score (nSPS) is 31.1. The molecule has 0 aromatic carbocycles. The van der Waals surface area contributed by atoms with Crippen molar-refractivity contribution in [3.63, 3.8) is 0 Å². The molecule has 0 bridgehead atoms. The number of carbonyl (C=O) groups excluding carboxylic acids is 1. The lowest BCUT2D eigenvalue weighted by Gasteiger charge is -2.39. The molecule has 0 aromatic rings. The number of aldehydes is 1. The topological polar surface area (TPSA) is 17.1 Å². The summed E-state index contributed by atoms with van der Waals surface area (Å²) in [5.74, 6) is 0.322. The standard InChI is InChI=1S/C13H20O/c1-13(2)7-3-4-11-8-10(9-14)5-6-12(11)13/h9-10H,3-8H2,1-2H3/t10-/m1/s1. The fourth-order valence-electron chi connectivity index (χ4n) is 3.13. The van der Waals surface area contributed by atoms with Crippen LogP contribution in [0.5, 0.6) is 0 Å². The lowest BCUT2D eigenvalue weighted by molar-refractivity contribution is -0.111. The van der Waals surface area contributed by atoms with Gasteiger partial charge in [-0.1, -0.05) is 25.0 Å². The largest absolute Gasteiger partial charge is 0.303 e. The molecule has 1 heteroatoms. The molecule has 0 heterocycles. The van der Waals surface area contributed by atoms with Gasteiger partial charge >= 0.3 is 0 Å². The monoisotopic (exact) mass is 192 g/mol. The highest BCUT2D eigenvalue weighted by Gasteiger charge is 2.33. The summed E-state index contributed by atoms with van der Waals surface area (Å²) in [6.07, 6.45) is 8.38. The Morgan fingerprint density at radius 1 is 1.36 bits per heavy atom. The maximum absolute atomic E-state index is 10.8. The minimum atomic E-state index is 0.322. The van der Waals surface area contributed by atoms with Crippen LogP contribution in [0.1, 0.15) is 52.4 Å². The number of allylic oxidation sites excluding steroid dienone is 2. The SMILES string of the molecule is CC1(C)CCCC2=C1CC[C@@H](C=O)C2. The molecule has 14 heavy (non-hydrogen) atoms. The average molecular weight is 192 g/mol. The Hall–Kier alpha value is -0.590. The second kappa shape index (κ2) is 3.52. The smallest absolute Gasteiger partial charge is 0.123 e. The summed E-state index contributed by atoms with van der Waals surface area (Å²) in [5.41, 5.74) is 3.72. The van der Waals surface area contributed by atoms with Crippen molar-refractivity contribution in [3.05, 3.63) is 11.1 Å². The minimum Gasteiger partial charge on any atom is -0.303 e. The van der Waals surface area contributed by atoms with Crippen LogP contribution in [0.2, 0.25) is 0 Å². The molecule has 2 aliphatic carbocycles. The molecule has 0 radical (unpaired) electrons. The predicted octanol–water partition coefficient (Wildman–Crippen LogP) is 3.49. The van der Waals surface area contributed by atoms with E-state index in [0.717, 1.165) is 19.1 Å². The number of carbonyl (C=O) groups is 1. The second-order valence-corrected chi connectivity index (χ2v) is 5.46. The van der Waals surface area contributed by atoms with Crippen LogP contribution in [0.15, 0.2) is 11.1 Å². The molecule has 0 N–H and O–H groups in total. The van der Waals surface area contributed by atoms with Gasteiger partial charge in [-0.2, -0.15) is 0 Å². The second-order valence-electron chi connectivity index (χ2n) is 5.46. The van der Waals surface area contributed by atoms with Gasteiger partial charge in [0.15, 0.2) is 0 Å². The molecular formula is C13H20O. The van der Waals surface area contributed by atoms with Crippen molar-refractivity contribution in [3.8, 4) is 0 Å². The maximum atomic E-state index is 10.8. The van der Waals surface area contributed by atoms with Crippen molar-refractivity contribution in [2.75, 3.05) is 0 Å². The van der Waals surface area contributed by atoms with Crippen LogP contribution in [0.3, 0.4) is 0 Å². The van der Waals surface area contributed by atoms with Crippen molar-refractivity contribution >= 4 is 6.29 Å². The number of hydrogen-bond donors (Lipinski definition) is 0. The fraction of sp³-hybridized carbons (Fsp3) is 0.769. The van der Waals surface area contributed by atoms with Crippen LogP contribution in [0, 0.1) is 11.3 Å². The van der Waals surface area contributed by atoms with E-state index in [1.54, 1.807) is 11.1 Å². The highest BCUT2D eigenvalue weighted by atomic mass is 16.1. The van der Waals surface area contributed by atoms with Crippen molar-refractivity contribution in [2.45, 2.75) is 52.4 Å². The molecule has 0 fully saturated rings. The Balaban J connectivity index is 2.25. The zero-order chi connectivity index (χ0) is 10.2. The van der Waals surface area contributed by atoms with Crippen LogP contribution in [0.4, 0.5) is 0 Å². The molecule has 0 saturated heterocycles. The Bertz CT molecular complexity index is 273. The summed E-state index contributed by atoms with van der Waals surface area (Å²) < 4.78 is 0. The van der Waals surface area contributed by atoms with E-state index < -0.39 is 0 Å². The van der Waals surface area contributed by atoms with Gasteiger partial charge in [0.1, 0.15) is 6.29 Å². The average Bonchev–Trinajstić information content (AvgIpc) is 2.16. The molecule has 0 spiro atoms. The summed E-state index contributed by atoms with van der Waals surface area (Å²) in [7, 11) is 0. The van der Waals surface area contributed by atoms with E-state index in [4.69, 9.17) is 0 Å². The van der Waals surface area contributed by atoms with Crippen LogP contribution in [0.25, 0.3) is 0 Å². The van der Waals surface area contributed by atoms with E-state index in [2.05, 4.69) is 13.8 Å². The van der Waals surface area contributed by atoms with E-state index in [9.17, 15) is 4.79 Å². The van der Waals surface area contributed by atoms with E-state index in [1.807, 2.05) is 0 Å². The highest BCUT2D eigenvalue weighted by molar-refractivity contribution is 5.55. The number of rotatable bonds is 1. The summed E-state index contributed by atoms with van der Waals surface area (Å²) in [5, 5.41) is 0. The maximum Gasteiger partial charge on any atom is 0.123 e. The van der Waals surface area contributed by atoms with Gasteiger partial charge in [-0.25, -0.2) is 0 Å². The van der Waals surface area contributed by atoms with Gasteiger partial charge < -0.3 is 4.79 Å². The van der Waals surface area contributed by atoms with Gasteiger partial charge in [-0.05, 0) is 43.9 Å². The van der Waals surface area contributed by atoms with Crippen molar-refractivity contribution in [2.24, 2.45) is 11.3 Å². The summed E-state index contributed by atoms with van der Waals surface area (Å²) in [6, 6.07) is 0. The first-order valence-electron chi connectivity index (χ1n) is 5.80. The summed E-state index contributed by atoms with van der Waals surface area (Å²) >= 11 is 0. The van der Waals surface area contributed by atoms with Gasteiger partial charge in [-0.15, -0.1) is 0 Å². The minimum absolute atomic E-state index is 0.322. The van der Waals surface area contributed by atoms with Gasteiger partial charge in [0, 0.05) is 5.92 Å². The third-order valence-electron chi connectivity index (χ3n) is 3.99. The quantitative estimate of drug-likeness (QED) is 0.459. The van der Waals surface area contributed by atoms with Crippen LogP contribution < -0.4 is 0 Å². The Labute approximate surface area is 86.6 Å². The summed E-state index contributed by atoms with van der Waals surface area (Å²) in [4.78, 5) is 10.8.